The van der Waals surface area contributed by atoms with E-state index in [-0.39, 0.29) is 5.91 Å². The summed E-state index contributed by atoms with van der Waals surface area (Å²) < 4.78 is 0. The van der Waals surface area contributed by atoms with Gasteiger partial charge in [-0.2, -0.15) is 0 Å². The number of nitrogens with zero attached hydrogens (tertiary/aromatic N) is 3. The third-order valence-corrected chi connectivity index (χ3v) is 6.69. The number of piperazine rings is 1. The smallest absolute Gasteiger partial charge is 0.254 e. The van der Waals surface area contributed by atoms with Crippen LogP contribution in [0, 0.1) is 12.8 Å². The van der Waals surface area contributed by atoms with E-state index in [4.69, 9.17) is 0 Å². The molecule has 0 radical (unpaired) electrons. The van der Waals surface area contributed by atoms with Gasteiger partial charge in [-0.15, -0.1) is 0 Å². The Kier molecular flexibility index (Phi) is 5.07. The van der Waals surface area contributed by atoms with Crippen molar-refractivity contribution in [2.24, 2.45) is 5.92 Å². The lowest BCUT2D eigenvalue weighted by molar-refractivity contribution is -0.0126. The van der Waals surface area contributed by atoms with E-state index in [2.05, 4.69) is 14.8 Å². The molecule has 4 aliphatic rings. The Balaban J connectivity index is 1.33. The largest absolute Gasteiger partial charge is 0.333 e. The Hall–Kier alpha value is -1.42. The molecule has 1 amide bonds. The van der Waals surface area contributed by atoms with E-state index in [1.807, 2.05) is 13.0 Å². The van der Waals surface area contributed by atoms with Crippen molar-refractivity contribution in [3.63, 3.8) is 0 Å². The highest BCUT2D eigenvalue weighted by Crippen LogP contribution is 2.32. The quantitative estimate of drug-likeness (QED) is 0.820. The summed E-state index contributed by atoms with van der Waals surface area (Å²) in [6.07, 6.45) is 14.5. The molecule has 2 atom stereocenters. The highest BCUT2D eigenvalue weighted by atomic mass is 16.2. The Labute approximate surface area is 151 Å². The van der Waals surface area contributed by atoms with E-state index in [9.17, 15) is 4.79 Å². The molecule has 0 spiro atoms. The third-order valence-electron chi connectivity index (χ3n) is 6.69. The normalized spacial score (nSPS) is 27.2. The van der Waals surface area contributed by atoms with Crippen LogP contribution in [0.5, 0.6) is 0 Å². The van der Waals surface area contributed by atoms with Crippen LogP contribution in [-0.2, 0) is 0 Å². The van der Waals surface area contributed by atoms with Crippen LogP contribution in [0.3, 0.4) is 0 Å². The van der Waals surface area contributed by atoms with Crippen LogP contribution in [0.4, 0.5) is 0 Å². The van der Waals surface area contributed by atoms with Crippen molar-refractivity contribution in [3.05, 3.63) is 29.6 Å². The Morgan fingerprint density at radius 2 is 1.96 bits per heavy atom. The Bertz CT molecular complexity index is 611. The minimum absolute atomic E-state index is 0.209. The number of aryl methyl sites for hydroxylation is 1. The van der Waals surface area contributed by atoms with Gasteiger partial charge in [0.15, 0.2) is 0 Å². The van der Waals surface area contributed by atoms with Gasteiger partial charge in [0.25, 0.3) is 5.91 Å². The van der Waals surface area contributed by atoms with Gasteiger partial charge >= 0.3 is 0 Å². The lowest BCUT2D eigenvalue weighted by Crippen LogP contribution is -2.63. The molecule has 3 saturated heterocycles. The maximum absolute atomic E-state index is 13.0. The van der Waals surface area contributed by atoms with E-state index in [0.717, 1.165) is 30.1 Å². The number of hydrogen-bond acceptors (Lipinski definition) is 3. The lowest BCUT2D eigenvalue weighted by atomic mass is 9.89. The first kappa shape index (κ1) is 17.0. The summed E-state index contributed by atoms with van der Waals surface area (Å²) in [5, 5.41) is 0. The molecule has 0 aromatic carbocycles. The van der Waals surface area contributed by atoms with Crippen LogP contribution < -0.4 is 0 Å². The fraction of sp³-hybridized carbons (Fsp3) is 0.714. The average Bonchev–Trinajstić information content (AvgIpc) is 3.15. The first-order chi connectivity index (χ1) is 12.2. The molecule has 3 aliphatic heterocycles. The number of fused-ring (bicyclic) bond motifs is 3. The van der Waals surface area contributed by atoms with Gasteiger partial charge in [0.1, 0.15) is 0 Å². The molecule has 25 heavy (non-hydrogen) atoms. The minimum atomic E-state index is 0.209. The predicted molar refractivity (Wildman–Crippen MR) is 99.6 cm³/mol. The second-order valence-electron chi connectivity index (χ2n) is 8.32. The second-order valence-corrected chi connectivity index (χ2v) is 8.32. The van der Waals surface area contributed by atoms with Gasteiger partial charge in [-0.05, 0) is 56.7 Å². The Morgan fingerprint density at radius 3 is 2.68 bits per heavy atom. The van der Waals surface area contributed by atoms with Gasteiger partial charge < -0.3 is 4.90 Å². The van der Waals surface area contributed by atoms with Crippen LogP contribution >= 0.6 is 0 Å². The molecule has 0 N–H and O–H groups in total. The topological polar surface area (TPSA) is 36.4 Å². The van der Waals surface area contributed by atoms with Crippen LogP contribution in [-0.4, -0.2) is 52.4 Å². The summed E-state index contributed by atoms with van der Waals surface area (Å²) >= 11 is 0. The van der Waals surface area contributed by atoms with Crippen LogP contribution in [0.1, 0.15) is 67.3 Å². The van der Waals surface area contributed by atoms with Gasteiger partial charge in [0.2, 0.25) is 0 Å². The number of rotatable bonds is 5. The number of hydrogen-bond donors (Lipinski definition) is 0. The summed E-state index contributed by atoms with van der Waals surface area (Å²) in [5.41, 5.74) is 1.82. The van der Waals surface area contributed by atoms with Crippen LogP contribution in [0.25, 0.3) is 0 Å². The first-order valence-corrected chi connectivity index (χ1v) is 10.2. The van der Waals surface area contributed by atoms with E-state index < -0.39 is 0 Å². The Morgan fingerprint density at radius 1 is 1.16 bits per heavy atom. The molecule has 1 saturated carbocycles. The van der Waals surface area contributed by atoms with Crippen molar-refractivity contribution in [2.75, 3.05) is 19.6 Å². The summed E-state index contributed by atoms with van der Waals surface area (Å²) in [6, 6.07) is 2.84. The molecular formula is C21H31N3O. The molecule has 1 aromatic rings. The molecule has 1 aromatic heterocycles. The maximum atomic E-state index is 13.0. The monoisotopic (exact) mass is 341 g/mol. The molecule has 2 bridgehead atoms. The van der Waals surface area contributed by atoms with Crippen molar-refractivity contribution in [2.45, 2.75) is 70.4 Å². The zero-order chi connectivity index (χ0) is 17.2. The number of pyridine rings is 1. The van der Waals surface area contributed by atoms with Crippen molar-refractivity contribution < 1.29 is 4.79 Å². The van der Waals surface area contributed by atoms with E-state index in [0.29, 0.717) is 12.1 Å². The number of amides is 1. The number of carbonyl (C=O) groups is 1. The maximum Gasteiger partial charge on any atom is 0.254 e. The minimum Gasteiger partial charge on any atom is -0.333 e. The number of carbonyl (C=O) groups excluding carboxylic acids is 1. The highest BCUT2D eigenvalue weighted by Gasteiger charge is 2.41. The molecule has 136 valence electrons. The molecule has 5 rings (SSSR count). The van der Waals surface area contributed by atoms with Crippen molar-refractivity contribution in [1.29, 1.82) is 0 Å². The number of piperidine rings is 2. The van der Waals surface area contributed by atoms with Crippen LogP contribution in [0.15, 0.2) is 18.5 Å². The zero-order valence-electron chi connectivity index (χ0n) is 15.5. The van der Waals surface area contributed by atoms with Crippen molar-refractivity contribution in [3.8, 4) is 0 Å². The first-order valence-electron chi connectivity index (χ1n) is 10.2. The van der Waals surface area contributed by atoms with Gasteiger partial charge in [-0.3, -0.25) is 14.7 Å². The summed E-state index contributed by atoms with van der Waals surface area (Å²) in [7, 11) is 0. The third kappa shape index (κ3) is 3.59. The van der Waals surface area contributed by atoms with Crippen LogP contribution in [0.2, 0.25) is 0 Å². The lowest BCUT2D eigenvalue weighted by Gasteiger charge is -2.51. The molecular weight excluding hydrogens is 310 g/mol. The molecule has 4 fully saturated rings. The molecule has 4 heteroatoms. The summed E-state index contributed by atoms with van der Waals surface area (Å²) in [5.74, 6) is 1.20. The fourth-order valence-corrected chi connectivity index (χ4v) is 5.19. The van der Waals surface area contributed by atoms with Gasteiger partial charge in [-0.1, -0.05) is 25.7 Å². The number of aromatic nitrogens is 1. The molecule has 4 nitrogen and oxygen atoms in total. The van der Waals surface area contributed by atoms with E-state index in [1.54, 1.807) is 12.4 Å². The van der Waals surface area contributed by atoms with Gasteiger partial charge in [-0.25, -0.2) is 0 Å². The van der Waals surface area contributed by atoms with Gasteiger partial charge in [0, 0.05) is 43.1 Å². The predicted octanol–water partition coefficient (Wildman–Crippen LogP) is 3.65. The SMILES string of the molecule is Cc1cnccc1C(=O)N1CC2CCC1CN2CCCC1CCCC1. The van der Waals surface area contributed by atoms with Crippen molar-refractivity contribution >= 4 is 5.91 Å². The zero-order valence-corrected chi connectivity index (χ0v) is 15.5. The summed E-state index contributed by atoms with van der Waals surface area (Å²) in [6.45, 7) is 5.20. The molecule has 2 unspecified atom stereocenters. The standard InChI is InChI=1S/C21H31N3O/c1-16-13-22-11-10-20(16)21(25)24-15-18-8-9-19(24)14-23(18)12-4-7-17-5-2-3-6-17/h10-11,13,17-19H,2-9,12,14-15H2,1H3. The molecule has 4 heterocycles. The highest BCUT2D eigenvalue weighted by molar-refractivity contribution is 5.95. The average molecular weight is 341 g/mol. The molecule has 1 aliphatic carbocycles. The van der Waals surface area contributed by atoms with E-state index >= 15 is 0 Å². The second kappa shape index (κ2) is 7.45. The van der Waals surface area contributed by atoms with E-state index in [1.165, 1.54) is 57.9 Å². The van der Waals surface area contributed by atoms with Crippen molar-refractivity contribution in [1.82, 2.24) is 14.8 Å². The fourth-order valence-electron chi connectivity index (χ4n) is 5.19. The summed E-state index contributed by atoms with van der Waals surface area (Å²) in [4.78, 5) is 21.9. The van der Waals surface area contributed by atoms with Gasteiger partial charge in [0.05, 0.1) is 0 Å².